The highest BCUT2D eigenvalue weighted by Gasteiger charge is 2.20. The predicted octanol–water partition coefficient (Wildman–Crippen LogP) is 1.65. The van der Waals surface area contributed by atoms with Crippen molar-refractivity contribution in [3.63, 3.8) is 0 Å². The van der Waals surface area contributed by atoms with Gasteiger partial charge in [0.2, 0.25) is 0 Å². The van der Waals surface area contributed by atoms with Crippen LogP contribution in [0.4, 0.5) is 0 Å². The molecular formula is C11H12N2O. The standard InChI is InChI=1S/C11H12N2O/c1-7-4-8(6-12)5-10-11(7)9(13)2-3-14-10/h4-5,9H,2-3,13H2,1H3/t9-/m0/s1. The van der Waals surface area contributed by atoms with Gasteiger partial charge in [-0.1, -0.05) is 0 Å². The van der Waals surface area contributed by atoms with Gasteiger partial charge >= 0.3 is 0 Å². The zero-order valence-electron chi connectivity index (χ0n) is 8.08. The third-order valence-corrected chi connectivity index (χ3v) is 2.54. The molecule has 14 heavy (non-hydrogen) atoms. The van der Waals surface area contributed by atoms with Crippen LogP contribution in [0, 0.1) is 18.3 Å². The molecule has 0 radical (unpaired) electrons. The second-order valence-corrected chi connectivity index (χ2v) is 3.56. The van der Waals surface area contributed by atoms with Crippen molar-refractivity contribution >= 4 is 0 Å². The van der Waals surface area contributed by atoms with Crippen LogP contribution in [0.25, 0.3) is 0 Å². The molecule has 0 saturated heterocycles. The molecule has 1 aliphatic rings. The van der Waals surface area contributed by atoms with Gasteiger partial charge in [0.05, 0.1) is 18.2 Å². The molecule has 3 nitrogen and oxygen atoms in total. The number of nitrogens with two attached hydrogens (primary N) is 1. The highest BCUT2D eigenvalue weighted by Crippen LogP contribution is 2.33. The number of fused-ring (bicyclic) bond motifs is 1. The fourth-order valence-electron chi connectivity index (χ4n) is 1.87. The third-order valence-electron chi connectivity index (χ3n) is 2.54. The monoisotopic (exact) mass is 188 g/mol. The maximum atomic E-state index is 8.79. The van der Waals surface area contributed by atoms with E-state index in [4.69, 9.17) is 15.7 Å². The molecule has 0 spiro atoms. The van der Waals surface area contributed by atoms with Crippen LogP contribution in [-0.2, 0) is 0 Å². The number of nitrogens with zero attached hydrogens (tertiary/aromatic N) is 1. The molecule has 1 heterocycles. The van der Waals surface area contributed by atoms with E-state index >= 15 is 0 Å². The van der Waals surface area contributed by atoms with Crippen molar-refractivity contribution in [2.24, 2.45) is 5.73 Å². The molecule has 1 atom stereocenters. The summed E-state index contributed by atoms with van der Waals surface area (Å²) in [5.41, 5.74) is 8.71. The minimum atomic E-state index is 0.0477. The SMILES string of the molecule is Cc1cc(C#N)cc2c1[C@@H](N)CCO2. The number of hydrogen-bond donors (Lipinski definition) is 1. The largest absolute Gasteiger partial charge is 0.493 e. The molecule has 1 aliphatic heterocycles. The van der Waals surface area contributed by atoms with Crippen LogP contribution < -0.4 is 10.5 Å². The van der Waals surface area contributed by atoms with Crippen molar-refractivity contribution in [1.82, 2.24) is 0 Å². The van der Waals surface area contributed by atoms with E-state index in [1.807, 2.05) is 13.0 Å². The lowest BCUT2D eigenvalue weighted by Crippen LogP contribution is -2.21. The first-order chi connectivity index (χ1) is 6.72. The van der Waals surface area contributed by atoms with Gasteiger partial charge in [-0.25, -0.2) is 0 Å². The zero-order chi connectivity index (χ0) is 10.1. The Kier molecular flexibility index (Phi) is 2.14. The van der Waals surface area contributed by atoms with Crippen molar-refractivity contribution < 1.29 is 4.74 Å². The first-order valence-corrected chi connectivity index (χ1v) is 4.65. The van der Waals surface area contributed by atoms with Crippen LogP contribution in [0.15, 0.2) is 12.1 Å². The average molecular weight is 188 g/mol. The molecule has 0 aliphatic carbocycles. The highest BCUT2D eigenvalue weighted by molar-refractivity contribution is 5.49. The van der Waals surface area contributed by atoms with E-state index in [1.54, 1.807) is 6.07 Å². The Hall–Kier alpha value is -1.53. The Labute approximate surface area is 83.1 Å². The van der Waals surface area contributed by atoms with Gasteiger partial charge < -0.3 is 10.5 Å². The second-order valence-electron chi connectivity index (χ2n) is 3.56. The van der Waals surface area contributed by atoms with Crippen LogP contribution in [0.1, 0.15) is 29.2 Å². The van der Waals surface area contributed by atoms with Gasteiger partial charge in [-0.3, -0.25) is 0 Å². The molecule has 0 amide bonds. The van der Waals surface area contributed by atoms with Crippen molar-refractivity contribution in [3.05, 3.63) is 28.8 Å². The summed E-state index contributed by atoms with van der Waals surface area (Å²) in [7, 11) is 0. The molecule has 0 unspecified atom stereocenters. The zero-order valence-corrected chi connectivity index (χ0v) is 8.08. The van der Waals surface area contributed by atoms with E-state index in [-0.39, 0.29) is 6.04 Å². The Bertz CT molecular complexity index is 406. The van der Waals surface area contributed by atoms with Crippen molar-refractivity contribution in [2.45, 2.75) is 19.4 Å². The summed E-state index contributed by atoms with van der Waals surface area (Å²) < 4.78 is 5.49. The quantitative estimate of drug-likeness (QED) is 0.673. The topological polar surface area (TPSA) is 59.0 Å². The van der Waals surface area contributed by atoms with E-state index in [0.29, 0.717) is 12.2 Å². The van der Waals surface area contributed by atoms with Gasteiger partial charge in [0.25, 0.3) is 0 Å². The summed E-state index contributed by atoms with van der Waals surface area (Å²) in [5.74, 6) is 0.778. The molecule has 0 bridgehead atoms. The molecule has 2 rings (SSSR count). The maximum Gasteiger partial charge on any atom is 0.125 e. The van der Waals surface area contributed by atoms with Gasteiger partial charge in [0.1, 0.15) is 5.75 Å². The minimum absolute atomic E-state index is 0.0477. The van der Waals surface area contributed by atoms with Crippen LogP contribution in [0.2, 0.25) is 0 Å². The Morgan fingerprint density at radius 2 is 2.36 bits per heavy atom. The maximum absolute atomic E-state index is 8.79. The van der Waals surface area contributed by atoms with Gasteiger partial charge in [-0.15, -0.1) is 0 Å². The fourth-order valence-corrected chi connectivity index (χ4v) is 1.87. The van der Waals surface area contributed by atoms with Crippen molar-refractivity contribution in [2.75, 3.05) is 6.61 Å². The molecule has 0 saturated carbocycles. The van der Waals surface area contributed by atoms with E-state index in [0.717, 1.165) is 23.3 Å². The van der Waals surface area contributed by atoms with Gasteiger partial charge in [-0.05, 0) is 24.6 Å². The number of rotatable bonds is 0. The first kappa shape index (κ1) is 9.04. The Morgan fingerprint density at radius 1 is 1.57 bits per heavy atom. The van der Waals surface area contributed by atoms with Gasteiger partial charge in [0, 0.05) is 18.0 Å². The third kappa shape index (κ3) is 1.34. The van der Waals surface area contributed by atoms with Crippen molar-refractivity contribution in [3.8, 4) is 11.8 Å². The van der Waals surface area contributed by atoms with Gasteiger partial charge in [0.15, 0.2) is 0 Å². The minimum Gasteiger partial charge on any atom is -0.493 e. The van der Waals surface area contributed by atoms with E-state index in [2.05, 4.69) is 6.07 Å². The normalized spacial score (nSPS) is 19.4. The molecule has 0 fully saturated rings. The lowest BCUT2D eigenvalue weighted by atomic mass is 9.95. The molecule has 3 heteroatoms. The summed E-state index contributed by atoms with van der Waals surface area (Å²) >= 11 is 0. The number of aryl methyl sites for hydroxylation is 1. The molecule has 1 aromatic rings. The average Bonchev–Trinajstić information content (AvgIpc) is 2.17. The van der Waals surface area contributed by atoms with Crippen LogP contribution in [0.5, 0.6) is 5.75 Å². The molecule has 0 aromatic heterocycles. The van der Waals surface area contributed by atoms with E-state index in [9.17, 15) is 0 Å². The first-order valence-electron chi connectivity index (χ1n) is 4.65. The van der Waals surface area contributed by atoms with Crippen molar-refractivity contribution in [1.29, 1.82) is 5.26 Å². The summed E-state index contributed by atoms with van der Waals surface area (Å²) in [5, 5.41) is 8.79. The number of ether oxygens (including phenoxy) is 1. The fraction of sp³-hybridized carbons (Fsp3) is 0.364. The summed E-state index contributed by atoms with van der Waals surface area (Å²) in [6.07, 6.45) is 0.847. The van der Waals surface area contributed by atoms with Gasteiger partial charge in [-0.2, -0.15) is 5.26 Å². The lowest BCUT2D eigenvalue weighted by Gasteiger charge is -2.24. The molecular weight excluding hydrogens is 176 g/mol. The predicted molar refractivity (Wildman–Crippen MR) is 52.9 cm³/mol. The number of benzene rings is 1. The number of nitriles is 1. The summed E-state index contributed by atoms with van der Waals surface area (Å²) in [4.78, 5) is 0. The van der Waals surface area contributed by atoms with Crippen LogP contribution >= 0.6 is 0 Å². The Balaban J connectivity index is 2.58. The molecule has 72 valence electrons. The molecule has 1 aromatic carbocycles. The second kappa shape index (κ2) is 3.32. The van der Waals surface area contributed by atoms with Crippen LogP contribution in [-0.4, -0.2) is 6.61 Å². The van der Waals surface area contributed by atoms with Crippen LogP contribution in [0.3, 0.4) is 0 Å². The lowest BCUT2D eigenvalue weighted by molar-refractivity contribution is 0.268. The summed E-state index contributed by atoms with van der Waals surface area (Å²) in [6.45, 7) is 2.61. The molecule has 2 N–H and O–H groups in total. The highest BCUT2D eigenvalue weighted by atomic mass is 16.5. The smallest absolute Gasteiger partial charge is 0.125 e. The summed E-state index contributed by atoms with van der Waals surface area (Å²) in [6, 6.07) is 5.78. The Morgan fingerprint density at radius 3 is 3.07 bits per heavy atom. The van der Waals surface area contributed by atoms with E-state index in [1.165, 1.54) is 0 Å². The van der Waals surface area contributed by atoms with E-state index < -0.39 is 0 Å². The number of hydrogen-bond acceptors (Lipinski definition) is 3.